The summed E-state index contributed by atoms with van der Waals surface area (Å²) in [7, 11) is 1.66. The van der Waals surface area contributed by atoms with Gasteiger partial charge in [-0.2, -0.15) is 5.26 Å². The minimum absolute atomic E-state index is 0.126. The van der Waals surface area contributed by atoms with Gasteiger partial charge in [-0.3, -0.25) is 4.90 Å². The molecule has 1 heterocycles. The average Bonchev–Trinajstić information content (AvgIpc) is 2.40. The Bertz CT molecular complexity index is 421. The molecule has 1 aliphatic rings. The zero-order chi connectivity index (χ0) is 13.0. The number of hydrogen-bond acceptors (Lipinski definition) is 3. The van der Waals surface area contributed by atoms with Crippen LogP contribution in [-0.4, -0.2) is 25.1 Å². The maximum atomic E-state index is 9.42. The highest BCUT2D eigenvalue weighted by molar-refractivity contribution is 5.31. The van der Waals surface area contributed by atoms with Crippen LogP contribution in [0.3, 0.4) is 0 Å². The molecule has 1 fully saturated rings. The van der Waals surface area contributed by atoms with Crippen LogP contribution in [0.4, 0.5) is 0 Å². The van der Waals surface area contributed by atoms with Crippen LogP contribution in [-0.2, 0) is 0 Å². The van der Waals surface area contributed by atoms with Crippen molar-refractivity contribution in [1.29, 1.82) is 5.26 Å². The molecular weight excluding hydrogens is 224 g/mol. The van der Waals surface area contributed by atoms with Crippen molar-refractivity contribution >= 4 is 0 Å². The lowest BCUT2D eigenvalue weighted by Gasteiger charge is -2.34. The lowest BCUT2D eigenvalue weighted by Crippen LogP contribution is -2.36. The minimum Gasteiger partial charge on any atom is -0.497 e. The van der Waals surface area contributed by atoms with Crippen LogP contribution in [0.2, 0.25) is 0 Å². The van der Waals surface area contributed by atoms with E-state index in [1.54, 1.807) is 7.11 Å². The third-order valence-corrected chi connectivity index (χ3v) is 3.61. The zero-order valence-electron chi connectivity index (χ0n) is 11.1. The van der Waals surface area contributed by atoms with E-state index in [4.69, 9.17) is 4.74 Å². The standard InChI is InChI=1S/C15H20N2O/c1-12-4-3-9-17(11-12)15(10-16)13-5-7-14(18-2)8-6-13/h5-8,12,15H,3-4,9,11H2,1-2H3. The van der Waals surface area contributed by atoms with E-state index in [0.717, 1.165) is 24.4 Å². The fraction of sp³-hybridized carbons (Fsp3) is 0.533. The monoisotopic (exact) mass is 244 g/mol. The molecule has 3 nitrogen and oxygen atoms in total. The molecule has 0 aliphatic carbocycles. The number of methoxy groups -OCH3 is 1. The smallest absolute Gasteiger partial charge is 0.123 e. The van der Waals surface area contributed by atoms with E-state index in [2.05, 4.69) is 17.9 Å². The van der Waals surface area contributed by atoms with Crippen molar-refractivity contribution in [2.24, 2.45) is 5.92 Å². The van der Waals surface area contributed by atoms with E-state index in [1.807, 2.05) is 24.3 Å². The summed E-state index contributed by atoms with van der Waals surface area (Å²) in [5.41, 5.74) is 1.06. The lowest BCUT2D eigenvalue weighted by atomic mass is 9.96. The number of nitrogens with zero attached hydrogens (tertiary/aromatic N) is 2. The highest BCUT2D eigenvalue weighted by Gasteiger charge is 2.24. The molecule has 2 atom stereocenters. The number of hydrogen-bond donors (Lipinski definition) is 0. The van der Waals surface area contributed by atoms with Gasteiger partial charge >= 0.3 is 0 Å². The molecule has 1 aromatic rings. The van der Waals surface area contributed by atoms with Crippen LogP contribution in [0.25, 0.3) is 0 Å². The van der Waals surface area contributed by atoms with E-state index in [-0.39, 0.29) is 6.04 Å². The predicted octanol–water partition coefficient (Wildman–Crippen LogP) is 2.99. The SMILES string of the molecule is COc1ccc(C(C#N)N2CCCC(C)C2)cc1. The van der Waals surface area contributed by atoms with E-state index in [0.29, 0.717) is 5.92 Å². The Balaban J connectivity index is 2.14. The maximum Gasteiger partial charge on any atom is 0.123 e. The molecule has 1 aromatic carbocycles. The third kappa shape index (κ3) is 2.83. The first-order chi connectivity index (χ1) is 8.74. The van der Waals surface area contributed by atoms with Gasteiger partial charge in [0.05, 0.1) is 13.2 Å². The molecule has 0 amide bonds. The summed E-state index contributed by atoms with van der Waals surface area (Å²) in [6.07, 6.45) is 2.47. The quantitative estimate of drug-likeness (QED) is 0.820. The summed E-state index contributed by atoms with van der Waals surface area (Å²) in [5.74, 6) is 1.52. The van der Waals surface area contributed by atoms with Gasteiger partial charge < -0.3 is 4.74 Å². The second-order valence-electron chi connectivity index (χ2n) is 5.05. The Morgan fingerprint density at radius 3 is 2.67 bits per heavy atom. The molecule has 1 saturated heterocycles. The van der Waals surface area contributed by atoms with E-state index in [9.17, 15) is 5.26 Å². The van der Waals surface area contributed by atoms with Gasteiger partial charge in [0.25, 0.3) is 0 Å². The highest BCUT2D eigenvalue weighted by atomic mass is 16.5. The van der Waals surface area contributed by atoms with Crippen molar-refractivity contribution in [2.75, 3.05) is 20.2 Å². The van der Waals surface area contributed by atoms with Crippen LogP contribution < -0.4 is 4.74 Å². The average molecular weight is 244 g/mol. The van der Waals surface area contributed by atoms with Crippen molar-refractivity contribution < 1.29 is 4.74 Å². The summed E-state index contributed by atoms with van der Waals surface area (Å²) >= 11 is 0. The summed E-state index contributed by atoms with van der Waals surface area (Å²) < 4.78 is 5.15. The van der Waals surface area contributed by atoms with Gasteiger partial charge in [-0.15, -0.1) is 0 Å². The third-order valence-electron chi connectivity index (χ3n) is 3.61. The topological polar surface area (TPSA) is 36.3 Å². The van der Waals surface area contributed by atoms with Gasteiger partial charge in [0.2, 0.25) is 0 Å². The van der Waals surface area contributed by atoms with E-state index in [1.165, 1.54) is 12.8 Å². The van der Waals surface area contributed by atoms with Crippen molar-refractivity contribution in [3.05, 3.63) is 29.8 Å². The largest absolute Gasteiger partial charge is 0.497 e. The van der Waals surface area contributed by atoms with Crippen molar-refractivity contribution in [1.82, 2.24) is 4.90 Å². The Labute approximate surface area is 109 Å². The first kappa shape index (κ1) is 12.9. The fourth-order valence-corrected chi connectivity index (χ4v) is 2.61. The molecule has 2 unspecified atom stereocenters. The van der Waals surface area contributed by atoms with Gasteiger partial charge in [0, 0.05) is 6.54 Å². The first-order valence-electron chi connectivity index (χ1n) is 6.52. The van der Waals surface area contributed by atoms with Gasteiger partial charge in [-0.05, 0) is 43.0 Å². The Hall–Kier alpha value is -1.53. The molecule has 1 aliphatic heterocycles. The van der Waals surface area contributed by atoms with Crippen LogP contribution in [0.15, 0.2) is 24.3 Å². The molecular formula is C15H20N2O. The van der Waals surface area contributed by atoms with Gasteiger partial charge in [0.1, 0.15) is 11.8 Å². The Kier molecular flexibility index (Phi) is 4.22. The highest BCUT2D eigenvalue weighted by Crippen LogP contribution is 2.27. The molecule has 18 heavy (non-hydrogen) atoms. The molecule has 0 bridgehead atoms. The van der Waals surface area contributed by atoms with E-state index < -0.39 is 0 Å². The summed E-state index contributed by atoms with van der Waals surface area (Å²) in [4.78, 5) is 2.29. The maximum absolute atomic E-state index is 9.42. The summed E-state index contributed by atoms with van der Waals surface area (Å²) in [5, 5.41) is 9.42. The molecule has 0 spiro atoms. The number of benzene rings is 1. The normalized spacial score (nSPS) is 22.2. The number of rotatable bonds is 3. The van der Waals surface area contributed by atoms with Crippen LogP contribution in [0.5, 0.6) is 5.75 Å². The lowest BCUT2D eigenvalue weighted by molar-refractivity contribution is 0.156. The molecule has 0 aromatic heterocycles. The summed E-state index contributed by atoms with van der Waals surface area (Å²) in [6.45, 7) is 4.30. The van der Waals surface area contributed by atoms with Crippen molar-refractivity contribution in [2.45, 2.75) is 25.8 Å². The minimum atomic E-state index is -0.126. The Morgan fingerprint density at radius 1 is 1.39 bits per heavy atom. The number of likely N-dealkylation sites (tertiary alicyclic amines) is 1. The van der Waals surface area contributed by atoms with Gasteiger partial charge in [-0.1, -0.05) is 19.1 Å². The zero-order valence-corrected chi connectivity index (χ0v) is 11.1. The number of ether oxygens (including phenoxy) is 1. The van der Waals surface area contributed by atoms with Crippen molar-refractivity contribution in [3.63, 3.8) is 0 Å². The van der Waals surface area contributed by atoms with Gasteiger partial charge in [0.15, 0.2) is 0 Å². The molecule has 0 saturated carbocycles. The number of nitriles is 1. The molecule has 3 heteroatoms. The van der Waals surface area contributed by atoms with Crippen LogP contribution in [0, 0.1) is 17.2 Å². The number of piperidine rings is 1. The van der Waals surface area contributed by atoms with Crippen LogP contribution >= 0.6 is 0 Å². The molecule has 96 valence electrons. The van der Waals surface area contributed by atoms with Crippen molar-refractivity contribution in [3.8, 4) is 11.8 Å². The Morgan fingerprint density at radius 2 is 2.11 bits per heavy atom. The first-order valence-corrected chi connectivity index (χ1v) is 6.52. The van der Waals surface area contributed by atoms with Crippen LogP contribution in [0.1, 0.15) is 31.4 Å². The molecule has 2 rings (SSSR count). The summed E-state index contributed by atoms with van der Waals surface area (Å²) in [6, 6.07) is 10.1. The molecule has 0 N–H and O–H groups in total. The second kappa shape index (κ2) is 5.88. The second-order valence-corrected chi connectivity index (χ2v) is 5.05. The molecule has 0 radical (unpaired) electrons. The predicted molar refractivity (Wildman–Crippen MR) is 71.3 cm³/mol. The van der Waals surface area contributed by atoms with E-state index >= 15 is 0 Å². The van der Waals surface area contributed by atoms with Gasteiger partial charge in [-0.25, -0.2) is 0 Å². The fourth-order valence-electron chi connectivity index (χ4n) is 2.61.